The molecule has 1 aliphatic heterocycles. The largest absolute Gasteiger partial charge is 0.744 e. The predicted molar refractivity (Wildman–Crippen MR) is 205 cm³/mol. The van der Waals surface area contributed by atoms with Gasteiger partial charge in [-0.15, -0.1) is 0 Å². The Morgan fingerprint density at radius 2 is 1.36 bits per heavy atom. The van der Waals surface area contributed by atoms with Gasteiger partial charge in [0.2, 0.25) is 11.4 Å². The van der Waals surface area contributed by atoms with E-state index in [1.54, 1.807) is 54.7 Å². The molecule has 1 aliphatic rings. The summed E-state index contributed by atoms with van der Waals surface area (Å²) in [4.78, 5) is 9.25. The Bertz CT molecular complexity index is 3110. The van der Waals surface area contributed by atoms with Crippen LogP contribution in [-0.2, 0) is 51.8 Å². The molecule has 0 saturated heterocycles. The molecule has 0 aliphatic carbocycles. The van der Waals surface area contributed by atoms with Crippen LogP contribution in [0.15, 0.2) is 106 Å². The number of carboxylic acid groups (broad SMARTS) is 1. The number of aryl methyl sites for hydroxylation is 1. The molecule has 0 atom stereocenters. The molecule has 20 heteroatoms. The fourth-order valence-electron chi connectivity index (χ4n) is 6.96. The van der Waals surface area contributed by atoms with Gasteiger partial charge < -0.3 is 14.2 Å². The Labute approximate surface area is 320 Å². The van der Waals surface area contributed by atoms with Gasteiger partial charge in [0.1, 0.15) is 15.0 Å². The van der Waals surface area contributed by atoms with E-state index in [9.17, 15) is 61.8 Å². The highest BCUT2D eigenvalue weighted by Crippen LogP contribution is 2.43. The van der Waals surface area contributed by atoms with E-state index in [0.717, 1.165) is 0 Å². The smallest absolute Gasteiger partial charge is 0.303 e. The zero-order chi connectivity index (χ0) is 40.8. The lowest BCUT2D eigenvalue weighted by atomic mass is 10.0. The molecule has 0 unspecified atom stereocenters. The topological polar surface area (TPSA) is 266 Å². The van der Waals surface area contributed by atoms with E-state index in [0.29, 0.717) is 33.3 Å². The Morgan fingerprint density at radius 3 is 2.00 bits per heavy atom. The average molecular weight is 845 g/mol. The third-order valence-electron chi connectivity index (χ3n) is 9.07. The summed E-state index contributed by atoms with van der Waals surface area (Å²) in [5.41, 5.74) is 1.03. The molecule has 56 heavy (non-hydrogen) atoms. The van der Waals surface area contributed by atoms with Crippen LogP contribution >= 0.6 is 0 Å². The molecule has 1 aromatic heterocycles. The maximum atomic E-state index is 12.6. The standard InChI is InChI=1S/C36H32N2O14S4/c39-33(40)16-8-19-37-27(23-10-6-12-25-30(54(44,45)46)18-17-29(37)34(23)25)14-4-2-1-3-5-15-28-24-11-7-13-26-31(55(47,48)49)22-32(56(50,51)52)36(35(24)26)38(28)20-9-21-53(41,42)43/h1-7,10-15,17-18,22H,8-9,16,19-21H2,(H4-,39,40,41,42,43,44,45,46,47,48,49,50,51,52). The van der Waals surface area contributed by atoms with Crippen molar-refractivity contribution in [3.8, 4) is 0 Å². The quantitative estimate of drug-likeness (QED) is 0.0664. The summed E-state index contributed by atoms with van der Waals surface area (Å²) in [6.07, 6.45) is 11.3. The minimum atomic E-state index is -5.11. The van der Waals surface area contributed by atoms with Crippen molar-refractivity contribution in [1.29, 1.82) is 0 Å². The number of hydrogen-bond donors (Lipinski definition) is 4. The van der Waals surface area contributed by atoms with Gasteiger partial charge in [0, 0.05) is 57.9 Å². The number of allylic oxidation sites excluding steroid dienone is 6. The van der Waals surface area contributed by atoms with Crippen LogP contribution in [-0.4, -0.2) is 90.1 Å². The minimum absolute atomic E-state index is 0.0534. The van der Waals surface area contributed by atoms with Crippen LogP contribution in [0.2, 0.25) is 0 Å². The lowest BCUT2D eigenvalue weighted by Crippen LogP contribution is -2.18. The fourth-order valence-corrected chi connectivity index (χ4v) is 9.64. The van der Waals surface area contributed by atoms with Crippen molar-refractivity contribution in [3.63, 3.8) is 0 Å². The molecule has 0 bridgehead atoms. The zero-order valence-electron chi connectivity index (χ0n) is 28.9. The van der Waals surface area contributed by atoms with Gasteiger partial charge in [-0.05, 0) is 36.8 Å². The summed E-state index contributed by atoms with van der Waals surface area (Å²) in [6, 6.07) is 12.6. The summed E-state index contributed by atoms with van der Waals surface area (Å²) < 4.78 is 141. The molecular formula is C36H32N2O14S4. The number of carbonyl (C=O) groups is 1. The highest BCUT2D eigenvalue weighted by atomic mass is 32.2. The van der Waals surface area contributed by atoms with Gasteiger partial charge in [0.05, 0.1) is 21.6 Å². The molecule has 16 nitrogen and oxygen atoms in total. The van der Waals surface area contributed by atoms with Gasteiger partial charge in [0.25, 0.3) is 20.2 Å². The number of aromatic nitrogens is 1. The maximum Gasteiger partial charge on any atom is 0.303 e. The van der Waals surface area contributed by atoms with Crippen molar-refractivity contribution in [3.05, 3.63) is 102 Å². The molecule has 0 saturated carbocycles. The maximum absolute atomic E-state index is 12.6. The Balaban J connectivity index is 1.41. The summed E-state index contributed by atoms with van der Waals surface area (Å²) in [5.74, 6) is -1.68. The number of hydrogen-bond acceptors (Lipinski definition) is 10. The monoisotopic (exact) mass is 844 g/mol. The zero-order valence-corrected chi connectivity index (χ0v) is 32.1. The van der Waals surface area contributed by atoms with Gasteiger partial charge in [-0.2, -0.15) is 29.8 Å². The number of carboxylic acids is 1. The first-order chi connectivity index (χ1) is 26.2. The SMILES string of the molecule is O=C(O)CCCn1c(=CC=CC=CC=CC2=[N+](CCCS(=O)(=O)O)c3c(S(=O)(=O)O)cc(S(=O)(=O)O)c4cccc2c34)c2cccc3c(S(=O)(=O)[O-])ccc1c32. The van der Waals surface area contributed by atoms with Crippen molar-refractivity contribution in [1.82, 2.24) is 4.57 Å². The molecular weight excluding hydrogens is 813 g/mol. The molecule has 294 valence electrons. The average Bonchev–Trinajstić information content (AvgIpc) is 3.56. The highest BCUT2D eigenvalue weighted by molar-refractivity contribution is 7.87. The van der Waals surface area contributed by atoms with Gasteiger partial charge >= 0.3 is 16.1 Å². The second kappa shape index (κ2) is 15.1. The highest BCUT2D eigenvalue weighted by Gasteiger charge is 2.39. The summed E-state index contributed by atoms with van der Waals surface area (Å²) in [7, 11) is -19.3. The Hall–Kier alpha value is -5.06. The van der Waals surface area contributed by atoms with Gasteiger partial charge in [-0.3, -0.25) is 18.5 Å². The van der Waals surface area contributed by atoms with Crippen LogP contribution in [0, 0.1) is 0 Å². The summed E-state index contributed by atoms with van der Waals surface area (Å²) in [5, 5.41) is 11.2. The fraction of sp³-hybridized carbons (Fsp3) is 0.167. The van der Waals surface area contributed by atoms with Crippen LogP contribution in [0.1, 0.15) is 24.8 Å². The van der Waals surface area contributed by atoms with Crippen molar-refractivity contribution < 1.29 is 66.4 Å². The molecule has 6 rings (SSSR count). The molecule has 0 amide bonds. The van der Waals surface area contributed by atoms with Gasteiger partial charge in [-0.1, -0.05) is 60.7 Å². The Kier molecular flexibility index (Phi) is 11.0. The molecule has 4 N–H and O–H groups in total. The van der Waals surface area contributed by atoms with Crippen LogP contribution in [0.25, 0.3) is 38.5 Å². The van der Waals surface area contributed by atoms with E-state index >= 15 is 0 Å². The van der Waals surface area contributed by atoms with Crippen molar-refractivity contribution in [2.75, 3.05) is 12.3 Å². The first-order valence-corrected chi connectivity index (χ1v) is 22.5. The van der Waals surface area contributed by atoms with Gasteiger partial charge in [-0.25, -0.2) is 8.42 Å². The molecule has 2 heterocycles. The van der Waals surface area contributed by atoms with Crippen LogP contribution < -0.4 is 5.35 Å². The molecule has 4 aromatic carbocycles. The summed E-state index contributed by atoms with van der Waals surface area (Å²) >= 11 is 0. The van der Waals surface area contributed by atoms with Crippen LogP contribution in [0.5, 0.6) is 0 Å². The molecule has 0 spiro atoms. The first-order valence-electron chi connectivity index (χ1n) is 16.6. The van der Waals surface area contributed by atoms with E-state index in [2.05, 4.69) is 0 Å². The summed E-state index contributed by atoms with van der Waals surface area (Å²) in [6.45, 7) is 0.0752. The lowest BCUT2D eigenvalue weighted by Gasteiger charge is -2.11. The third-order valence-corrected chi connectivity index (χ3v) is 12.5. The van der Waals surface area contributed by atoms with Crippen molar-refractivity contribution in [2.24, 2.45) is 0 Å². The number of aliphatic carboxylic acids is 1. The second-order valence-electron chi connectivity index (χ2n) is 12.7. The van der Waals surface area contributed by atoms with Gasteiger partial charge in [0.15, 0.2) is 11.4 Å². The molecule has 5 aromatic rings. The van der Waals surface area contributed by atoms with E-state index in [-0.39, 0.29) is 64.8 Å². The van der Waals surface area contributed by atoms with E-state index in [4.69, 9.17) is 0 Å². The number of nitrogens with zero attached hydrogens (tertiary/aromatic N) is 2. The normalized spacial score (nSPS) is 14.7. The molecule has 0 radical (unpaired) electrons. The molecule has 0 fully saturated rings. The van der Waals surface area contributed by atoms with E-state index < -0.39 is 62.0 Å². The van der Waals surface area contributed by atoms with E-state index in [1.807, 2.05) is 4.57 Å². The first kappa shape index (κ1) is 40.6. The van der Waals surface area contributed by atoms with Crippen LogP contribution in [0.4, 0.5) is 5.69 Å². The Morgan fingerprint density at radius 1 is 0.732 bits per heavy atom. The minimum Gasteiger partial charge on any atom is -0.744 e. The number of rotatable bonds is 15. The second-order valence-corrected chi connectivity index (χ2v) is 18.4. The predicted octanol–water partition coefficient (Wildman–Crippen LogP) is 3.80. The van der Waals surface area contributed by atoms with Crippen LogP contribution in [0.3, 0.4) is 0 Å². The van der Waals surface area contributed by atoms with E-state index in [1.165, 1.54) is 41.0 Å². The lowest BCUT2D eigenvalue weighted by molar-refractivity contribution is -0.437. The third kappa shape index (κ3) is 8.22. The van der Waals surface area contributed by atoms with Crippen molar-refractivity contribution in [2.45, 2.75) is 40.5 Å². The number of benzene rings is 4. The van der Waals surface area contributed by atoms with Crippen molar-refractivity contribution >= 4 is 96.4 Å².